The summed E-state index contributed by atoms with van der Waals surface area (Å²) in [7, 11) is 0. The summed E-state index contributed by atoms with van der Waals surface area (Å²) in [6.45, 7) is 0. The van der Waals surface area contributed by atoms with Crippen LogP contribution in [-0.4, -0.2) is 83.7 Å². The van der Waals surface area contributed by atoms with Crippen LogP contribution in [0.15, 0.2) is 14.5 Å². The van der Waals surface area contributed by atoms with E-state index in [1.54, 1.807) is 38.5 Å². The van der Waals surface area contributed by atoms with Crippen LogP contribution in [0.2, 0.25) is 4.03 Å². The molecule has 2 aliphatic heterocycles. The molecule has 0 radical (unpaired) electrons. The van der Waals surface area contributed by atoms with Crippen molar-refractivity contribution in [2.24, 2.45) is 0 Å². The summed E-state index contributed by atoms with van der Waals surface area (Å²) in [5, 5.41) is 0. The summed E-state index contributed by atoms with van der Waals surface area (Å²) < 4.78 is 11.3. The van der Waals surface area contributed by atoms with Crippen molar-refractivity contribution < 1.29 is 0 Å². The van der Waals surface area contributed by atoms with E-state index in [0.29, 0.717) is 83.7 Å². The van der Waals surface area contributed by atoms with E-state index >= 15 is 0 Å². The van der Waals surface area contributed by atoms with Gasteiger partial charge >= 0.3 is 141 Å². The van der Waals surface area contributed by atoms with Gasteiger partial charge in [0.05, 0.1) is 0 Å². The summed E-state index contributed by atoms with van der Waals surface area (Å²) in [6, 6.07) is 0. The third-order valence-electron chi connectivity index (χ3n) is 3.49. The van der Waals surface area contributed by atoms with Crippen LogP contribution in [0.4, 0.5) is 0 Å². The summed E-state index contributed by atoms with van der Waals surface area (Å²) in [5.41, 5.74) is 0. The fourth-order valence-corrected chi connectivity index (χ4v) is 36.0. The molecule has 4 rings (SSSR count). The molecule has 4 heteroatoms. The molecule has 0 aromatic carbocycles. The van der Waals surface area contributed by atoms with Gasteiger partial charge in [-0.25, -0.2) is 0 Å². The SMILES string of the molecule is C1CC2=C(C1)[Te]C(C1[Te]C3=C(CCC3)[Te]1)[Te]2. The maximum absolute atomic E-state index is 2.12. The first-order chi connectivity index (χ1) is 7.90. The van der Waals surface area contributed by atoms with Crippen molar-refractivity contribution in [3.8, 4) is 0 Å². The molecule has 4 aliphatic rings. The van der Waals surface area contributed by atoms with Gasteiger partial charge in [0.1, 0.15) is 0 Å². The molecule has 0 bridgehead atoms. The Kier molecular flexibility index (Phi) is 4.03. The molecule has 0 saturated heterocycles. The van der Waals surface area contributed by atoms with E-state index in [4.69, 9.17) is 0 Å². The predicted molar refractivity (Wildman–Crippen MR) is 72.3 cm³/mol. The molecule has 86 valence electrons. The van der Waals surface area contributed by atoms with Crippen molar-refractivity contribution in [2.45, 2.75) is 42.6 Å². The average Bonchev–Trinajstić information content (AvgIpc) is 2.94. The monoisotopic (exact) mass is 678 g/mol. The molecule has 0 aromatic heterocycles. The Morgan fingerprint density at radius 1 is 0.562 bits per heavy atom. The number of hydrogen-bond acceptors (Lipinski definition) is 0. The van der Waals surface area contributed by atoms with Crippen LogP contribution in [0.3, 0.4) is 0 Å². The molecule has 0 spiro atoms. The molecule has 0 aromatic rings. The molecule has 2 heterocycles. The molecule has 0 unspecified atom stereocenters. The second-order valence-electron chi connectivity index (χ2n) is 4.61. The van der Waals surface area contributed by atoms with Crippen molar-refractivity contribution >= 4 is 83.7 Å². The molecule has 0 nitrogen and oxygen atoms in total. The number of rotatable bonds is 1. The minimum absolute atomic E-state index is 0.387. The van der Waals surface area contributed by atoms with Gasteiger partial charge in [0.15, 0.2) is 0 Å². The summed E-state index contributed by atoms with van der Waals surface area (Å²) in [6.07, 6.45) is 9.39. The van der Waals surface area contributed by atoms with Gasteiger partial charge < -0.3 is 0 Å². The molecule has 0 N–H and O–H groups in total. The van der Waals surface area contributed by atoms with Crippen molar-refractivity contribution in [3.63, 3.8) is 0 Å². The van der Waals surface area contributed by atoms with Crippen LogP contribution in [0.1, 0.15) is 38.5 Å². The van der Waals surface area contributed by atoms with Crippen LogP contribution >= 0.6 is 0 Å². The van der Waals surface area contributed by atoms with E-state index < -0.39 is 0 Å². The Morgan fingerprint density at radius 2 is 0.875 bits per heavy atom. The average molecular weight is 669 g/mol. The van der Waals surface area contributed by atoms with Crippen molar-refractivity contribution in [1.29, 1.82) is 0 Å². The van der Waals surface area contributed by atoms with Crippen LogP contribution in [-0.2, 0) is 0 Å². The first kappa shape index (κ1) is 12.4. The third kappa shape index (κ3) is 2.24. The molecule has 0 amide bonds. The van der Waals surface area contributed by atoms with Gasteiger partial charge in [-0.1, -0.05) is 0 Å². The number of allylic oxidation sites excluding steroid dienone is 4. The minimum atomic E-state index is 0.387. The summed E-state index contributed by atoms with van der Waals surface area (Å²) >= 11 is 1.55. The van der Waals surface area contributed by atoms with Crippen molar-refractivity contribution in [2.75, 3.05) is 0 Å². The molecule has 0 fully saturated rings. The molecular weight excluding hydrogens is 655 g/mol. The van der Waals surface area contributed by atoms with Crippen LogP contribution in [0, 0.1) is 0 Å². The zero-order valence-corrected chi connectivity index (χ0v) is 18.4. The van der Waals surface area contributed by atoms with Crippen LogP contribution < -0.4 is 0 Å². The van der Waals surface area contributed by atoms with Crippen LogP contribution in [0.5, 0.6) is 0 Å². The molecular formula is C12H14Te4. The second kappa shape index (κ2) is 5.20. The Balaban J connectivity index is 1.43. The third-order valence-corrected chi connectivity index (χ3v) is 34.2. The molecule has 0 atom stereocenters. The van der Waals surface area contributed by atoms with Gasteiger partial charge in [0.25, 0.3) is 0 Å². The fourth-order valence-electron chi connectivity index (χ4n) is 2.71. The number of hydrogen-bond donors (Lipinski definition) is 0. The predicted octanol–water partition coefficient (Wildman–Crippen LogP) is 2.11. The molecule has 2 aliphatic carbocycles. The maximum atomic E-state index is 2.12. The van der Waals surface area contributed by atoms with E-state index in [-0.39, 0.29) is 0 Å². The fraction of sp³-hybridized carbons (Fsp3) is 0.667. The zero-order chi connectivity index (χ0) is 10.5. The van der Waals surface area contributed by atoms with Gasteiger partial charge in [-0.15, -0.1) is 0 Å². The molecule has 16 heavy (non-hydrogen) atoms. The van der Waals surface area contributed by atoms with E-state index in [1.807, 2.05) is 0 Å². The summed E-state index contributed by atoms with van der Waals surface area (Å²) in [4.78, 5) is 0. The van der Waals surface area contributed by atoms with Crippen LogP contribution in [0.25, 0.3) is 0 Å². The van der Waals surface area contributed by atoms with E-state index in [9.17, 15) is 0 Å². The Bertz CT molecular complexity index is 326. The second-order valence-corrected chi connectivity index (χ2v) is 24.5. The van der Waals surface area contributed by atoms with E-state index in [1.165, 1.54) is 4.03 Å². The zero-order valence-electron chi connectivity index (χ0n) is 9.03. The quantitative estimate of drug-likeness (QED) is 0.376. The van der Waals surface area contributed by atoms with Gasteiger partial charge in [-0.3, -0.25) is 0 Å². The van der Waals surface area contributed by atoms with E-state index in [2.05, 4.69) is 14.5 Å². The van der Waals surface area contributed by atoms with Gasteiger partial charge in [-0.05, 0) is 0 Å². The van der Waals surface area contributed by atoms with E-state index in [0.717, 1.165) is 0 Å². The van der Waals surface area contributed by atoms with Gasteiger partial charge in [0, 0.05) is 0 Å². The Labute approximate surface area is 138 Å². The standard InChI is InChI=1S/C12H14Te4/c1-3-7-8(4-1)14-11(13-7)12-15-9-5-2-6-10(9)16-12/h11-12H,1-6H2. The topological polar surface area (TPSA) is 0 Å². The summed E-state index contributed by atoms with van der Waals surface area (Å²) in [5.74, 6) is 0. The van der Waals surface area contributed by atoms with Gasteiger partial charge in [-0.2, -0.15) is 0 Å². The Morgan fingerprint density at radius 3 is 1.19 bits per heavy atom. The first-order valence-electron chi connectivity index (χ1n) is 6.01. The Hall–Kier alpha value is 2.64. The normalized spacial score (nSPS) is 30.8. The van der Waals surface area contributed by atoms with Crippen molar-refractivity contribution in [3.05, 3.63) is 14.5 Å². The first-order valence-corrected chi connectivity index (χ1v) is 16.0. The van der Waals surface area contributed by atoms with Crippen molar-refractivity contribution in [1.82, 2.24) is 0 Å². The van der Waals surface area contributed by atoms with Gasteiger partial charge in [0.2, 0.25) is 0 Å². The molecule has 0 saturated carbocycles.